The number of aromatic nitrogens is 2. The fraction of sp³-hybridized carbons (Fsp3) is 0.286. The molecule has 10 nitrogen and oxygen atoms in total. The lowest BCUT2D eigenvalue weighted by molar-refractivity contribution is 0.102. The highest BCUT2D eigenvalue weighted by Crippen LogP contribution is 2.38. The number of methoxy groups -OCH3 is 1. The van der Waals surface area contributed by atoms with Gasteiger partial charge in [0.05, 0.1) is 12.8 Å². The van der Waals surface area contributed by atoms with Crippen LogP contribution in [-0.2, 0) is 0 Å². The Bertz CT molecular complexity index is 1480. The minimum absolute atomic E-state index is 0.233. The third kappa shape index (κ3) is 6.95. The summed E-state index contributed by atoms with van der Waals surface area (Å²) in [6.07, 6.45) is 3.43. The number of carbonyl (C=O) groups is 2. The van der Waals surface area contributed by atoms with Crippen LogP contribution in [0.15, 0.2) is 53.9 Å². The van der Waals surface area contributed by atoms with Gasteiger partial charge >= 0.3 is 6.03 Å². The predicted molar refractivity (Wildman–Crippen MR) is 161 cm³/mol. The van der Waals surface area contributed by atoms with Crippen LogP contribution in [-0.4, -0.2) is 60.1 Å². The summed E-state index contributed by atoms with van der Waals surface area (Å²) in [7, 11) is 1.56. The number of thiazole rings is 2. The maximum Gasteiger partial charge on any atom is 0.321 e. The quantitative estimate of drug-likeness (QED) is 0.186. The minimum Gasteiger partial charge on any atom is -0.497 e. The summed E-state index contributed by atoms with van der Waals surface area (Å²) in [4.78, 5) is 37.2. The Hall–Kier alpha value is -4.00. The van der Waals surface area contributed by atoms with E-state index in [1.165, 1.54) is 35.5 Å². The number of nitrogens with one attached hydrogen (secondary N) is 3. The number of hydrogen-bond donors (Lipinski definition) is 4. The molecule has 1 aliphatic rings. The fourth-order valence-electron chi connectivity index (χ4n) is 4.43. The number of anilines is 3. The third-order valence-corrected chi connectivity index (χ3v) is 8.44. The summed E-state index contributed by atoms with van der Waals surface area (Å²) in [6, 6.07) is 14.2. The van der Waals surface area contributed by atoms with E-state index in [4.69, 9.17) is 15.5 Å². The van der Waals surface area contributed by atoms with Crippen LogP contribution in [0.25, 0.3) is 21.1 Å². The van der Waals surface area contributed by atoms with E-state index in [0.717, 1.165) is 37.3 Å². The van der Waals surface area contributed by atoms with Crippen LogP contribution in [0.2, 0.25) is 0 Å². The molecular formula is C28H31N7O3S2. The van der Waals surface area contributed by atoms with Gasteiger partial charge in [-0.2, -0.15) is 0 Å². The Morgan fingerprint density at radius 3 is 2.73 bits per heavy atom. The van der Waals surface area contributed by atoms with Crippen molar-refractivity contribution in [1.82, 2.24) is 20.2 Å². The number of nitrogens with two attached hydrogens (primary N) is 1. The largest absolute Gasteiger partial charge is 0.497 e. The lowest BCUT2D eigenvalue weighted by atomic mass is 10.1. The van der Waals surface area contributed by atoms with E-state index in [-0.39, 0.29) is 11.9 Å². The molecule has 208 valence electrons. The second-order valence-electron chi connectivity index (χ2n) is 9.32. The molecule has 0 radical (unpaired) electrons. The summed E-state index contributed by atoms with van der Waals surface area (Å²) < 4.78 is 5.21. The van der Waals surface area contributed by atoms with Crippen molar-refractivity contribution < 1.29 is 14.3 Å². The number of carbonyl (C=O) groups excluding carboxylic acids is 2. The van der Waals surface area contributed by atoms with Gasteiger partial charge in [0, 0.05) is 28.7 Å². The summed E-state index contributed by atoms with van der Waals surface area (Å²) in [5.74, 6) is 0.697. The monoisotopic (exact) mass is 577 g/mol. The zero-order chi connectivity index (χ0) is 27.9. The molecule has 1 aliphatic heterocycles. The van der Waals surface area contributed by atoms with Crippen LogP contribution < -0.4 is 26.4 Å². The molecule has 2 aromatic heterocycles. The van der Waals surface area contributed by atoms with Gasteiger partial charge in [-0.1, -0.05) is 29.5 Å². The van der Waals surface area contributed by atoms with Crippen LogP contribution in [0.1, 0.15) is 29.6 Å². The van der Waals surface area contributed by atoms with Crippen molar-refractivity contribution in [3.8, 4) is 26.9 Å². The Morgan fingerprint density at radius 1 is 1.07 bits per heavy atom. The molecule has 1 fully saturated rings. The van der Waals surface area contributed by atoms with Crippen molar-refractivity contribution in [3.63, 3.8) is 0 Å². The number of amides is 3. The number of nitrogens with zero attached hydrogens (tertiary/aromatic N) is 3. The summed E-state index contributed by atoms with van der Waals surface area (Å²) in [6.45, 7) is 3.90. The first-order chi connectivity index (χ1) is 19.5. The molecule has 0 saturated carbocycles. The van der Waals surface area contributed by atoms with Gasteiger partial charge in [0.2, 0.25) is 0 Å². The van der Waals surface area contributed by atoms with Gasteiger partial charge in [0.25, 0.3) is 5.91 Å². The number of urea groups is 1. The van der Waals surface area contributed by atoms with Crippen LogP contribution in [0.4, 0.5) is 21.4 Å². The highest BCUT2D eigenvalue weighted by atomic mass is 32.1. The maximum atomic E-state index is 12.7. The van der Waals surface area contributed by atoms with E-state index in [1.54, 1.807) is 31.4 Å². The highest BCUT2D eigenvalue weighted by Gasteiger charge is 2.17. The number of nitrogen functional groups attached to an aromatic ring is 1. The normalized spacial score (nSPS) is 13.2. The lowest BCUT2D eigenvalue weighted by Crippen LogP contribution is -2.31. The van der Waals surface area contributed by atoms with E-state index in [0.29, 0.717) is 44.4 Å². The van der Waals surface area contributed by atoms with Gasteiger partial charge in [-0.05, 0) is 69.2 Å². The molecule has 3 heterocycles. The van der Waals surface area contributed by atoms with Crippen molar-refractivity contribution in [3.05, 3.63) is 59.5 Å². The predicted octanol–water partition coefficient (Wildman–Crippen LogP) is 5.38. The van der Waals surface area contributed by atoms with Gasteiger partial charge in [-0.25, -0.2) is 14.8 Å². The zero-order valence-electron chi connectivity index (χ0n) is 22.1. The Balaban J connectivity index is 1.19. The van der Waals surface area contributed by atoms with Gasteiger partial charge < -0.3 is 26.0 Å². The molecule has 12 heteroatoms. The van der Waals surface area contributed by atoms with E-state index in [2.05, 4.69) is 25.8 Å². The molecular weight excluding hydrogens is 546 g/mol. The van der Waals surface area contributed by atoms with Gasteiger partial charge in [-0.15, -0.1) is 11.3 Å². The second-order valence-corrected chi connectivity index (χ2v) is 11.2. The number of benzene rings is 2. The molecule has 1 saturated heterocycles. The molecule has 5 rings (SSSR count). The molecule has 5 N–H and O–H groups in total. The van der Waals surface area contributed by atoms with E-state index in [9.17, 15) is 9.59 Å². The number of rotatable bonds is 10. The topological polar surface area (TPSA) is 134 Å². The maximum absolute atomic E-state index is 12.7. The smallest absolute Gasteiger partial charge is 0.321 e. The molecule has 40 heavy (non-hydrogen) atoms. The summed E-state index contributed by atoms with van der Waals surface area (Å²) >= 11 is 2.72. The van der Waals surface area contributed by atoms with E-state index >= 15 is 0 Å². The second kappa shape index (κ2) is 12.9. The molecule has 2 aromatic carbocycles. The molecule has 4 aromatic rings. The molecule has 0 unspecified atom stereocenters. The van der Waals surface area contributed by atoms with Crippen molar-refractivity contribution in [2.75, 3.05) is 49.7 Å². The number of hydrogen-bond acceptors (Lipinski definition) is 9. The molecule has 0 bridgehead atoms. The number of likely N-dealkylation sites (tertiary alicyclic amines) is 1. The first kappa shape index (κ1) is 27.6. The zero-order valence-corrected chi connectivity index (χ0v) is 23.7. The standard InChI is InChI=1S/C28H31N7O3S2/c1-38-21-10-5-8-19(16-21)25(36)31-20-9-4-7-18(15-20)22-17-39-26(32-22)23-24(29)33-28(40-23)34-27(37)30-11-6-14-35-12-2-3-13-35/h4-5,7-10,15-17H,2-3,6,11-14,29H2,1H3,(H,31,36)(H2,30,33,34,37). The van der Waals surface area contributed by atoms with Crippen LogP contribution in [0, 0.1) is 0 Å². The molecule has 0 spiro atoms. The summed E-state index contributed by atoms with van der Waals surface area (Å²) in [5, 5.41) is 11.6. The molecule has 3 amide bonds. The Labute approximate surface area is 240 Å². The van der Waals surface area contributed by atoms with Crippen LogP contribution in [0.5, 0.6) is 5.75 Å². The van der Waals surface area contributed by atoms with E-state index in [1.807, 2.05) is 29.6 Å². The average molecular weight is 578 g/mol. The average Bonchev–Trinajstić information content (AvgIpc) is 3.73. The third-order valence-electron chi connectivity index (χ3n) is 6.46. The Kier molecular flexibility index (Phi) is 8.89. The summed E-state index contributed by atoms with van der Waals surface area (Å²) in [5.41, 5.74) is 8.92. The SMILES string of the molecule is COc1cccc(C(=O)Nc2cccc(-c3csc(-c4sc(NC(=O)NCCCN5CCCC5)nc4N)n3)c2)c1. The van der Waals surface area contributed by atoms with Crippen LogP contribution >= 0.6 is 22.7 Å². The molecule has 0 atom stereocenters. The first-order valence-electron chi connectivity index (χ1n) is 13.0. The van der Waals surface area contributed by atoms with Crippen molar-refractivity contribution in [2.45, 2.75) is 19.3 Å². The number of ether oxygens (including phenoxy) is 1. The molecule has 0 aliphatic carbocycles. The van der Waals surface area contributed by atoms with Crippen molar-refractivity contribution in [2.24, 2.45) is 0 Å². The van der Waals surface area contributed by atoms with Gasteiger partial charge in [-0.3, -0.25) is 10.1 Å². The van der Waals surface area contributed by atoms with Gasteiger partial charge in [0.1, 0.15) is 21.5 Å². The van der Waals surface area contributed by atoms with E-state index < -0.39 is 0 Å². The van der Waals surface area contributed by atoms with Crippen LogP contribution in [0.3, 0.4) is 0 Å². The lowest BCUT2D eigenvalue weighted by Gasteiger charge is -2.14. The van der Waals surface area contributed by atoms with Gasteiger partial charge in [0.15, 0.2) is 5.13 Å². The first-order valence-corrected chi connectivity index (χ1v) is 14.7. The highest BCUT2D eigenvalue weighted by molar-refractivity contribution is 7.23. The minimum atomic E-state index is -0.297. The Morgan fingerprint density at radius 2 is 1.90 bits per heavy atom. The fourth-order valence-corrected chi connectivity index (χ4v) is 6.23. The van der Waals surface area contributed by atoms with Crippen molar-refractivity contribution in [1.29, 1.82) is 0 Å². The van der Waals surface area contributed by atoms with Crippen molar-refractivity contribution >= 4 is 51.2 Å².